The molecule has 0 saturated carbocycles. The van der Waals surface area contributed by atoms with Crippen LogP contribution < -0.4 is 18.9 Å². The van der Waals surface area contributed by atoms with Gasteiger partial charge in [-0.1, -0.05) is 114 Å². The van der Waals surface area contributed by atoms with Crippen molar-refractivity contribution in [3.05, 3.63) is 260 Å². The lowest BCUT2D eigenvalue weighted by Gasteiger charge is -2.34. The molecule has 10 rings (SSSR count). The van der Waals surface area contributed by atoms with E-state index in [0.29, 0.717) is 56.4 Å². The Labute approximate surface area is 407 Å². The first-order valence-electron chi connectivity index (χ1n) is 21.6. The van der Waals surface area contributed by atoms with E-state index in [2.05, 4.69) is 72.8 Å². The number of hydrogen-bond acceptors (Lipinski definition) is 8. The molecule has 0 fully saturated rings. The van der Waals surface area contributed by atoms with Gasteiger partial charge < -0.3 is 18.9 Å². The van der Waals surface area contributed by atoms with Gasteiger partial charge >= 0.3 is 0 Å². The van der Waals surface area contributed by atoms with Crippen molar-refractivity contribution in [1.29, 1.82) is 15.8 Å². The fraction of sp³-hybridized carbons (Fsp3) is 0.0169. The molecule has 0 atom stereocenters. The second-order valence-electron chi connectivity index (χ2n) is 15.9. The van der Waals surface area contributed by atoms with Gasteiger partial charge in [-0.15, -0.1) is 0 Å². The zero-order valence-electron chi connectivity index (χ0n) is 36.2. The zero-order chi connectivity index (χ0) is 47.5. The molecule has 0 N–H and O–H groups in total. The van der Waals surface area contributed by atoms with Crippen LogP contribution in [0.2, 0.25) is 10.0 Å². The van der Waals surface area contributed by atoms with Crippen molar-refractivity contribution in [3.8, 4) is 75.3 Å². The lowest BCUT2D eigenvalue weighted by molar-refractivity contribution is 0.103. The minimum Gasteiger partial charge on any atom is -0.456 e. The maximum atomic E-state index is 13.4. The maximum absolute atomic E-state index is 13.4. The number of rotatable bonds is 12. The fourth-order valence-corrected chi connectivity index (χ4v) is 9.20. The van der Waals surface area contributed by atoms with E-state index in [0.717, 1.165) is 33.4 Å². The number of hydrogen-bond donors (Lipinski definition) is 0. The summed E-state index contributed by atoms with van der Waals surface area (Å²) in [6, 6.07) is 67.6. The first-order valence-corrected chi connectivity index (χ1v) is 22.3. The number of carbonyl (C=O) groups is 1. The van der Waals surface area contributed by atoms with Crippen molar-refractivity contribution in [2.24, 2.45) is 0 Å². The van der Waals surface area contributed by atoms with E-state index in [-0.39, 0.29) is 33.2 Å². The largest absolute Gasteiger partial charge is 0.456 e. The summed E-state index contributed by atoms with van der Waals surface area (Å²) >= 11 is 12.4. The van der Waals surface area contributed by atoms with Gasteiger partial charge in [0.2, 0.25) is 0 Å². The monoisotopic (exact) mass is 933 g/mol. The summed E-state index contributed by atoms with van der Waals surface area (Å²) in [5.41, 5.74) is 7.34. The molecule has 0 unspecified atom stereocenters. The van der Waals surface area contributed by atoms with Crippen LogP contribution in [0.25, 0.3) is 11.1 Å². The predicted octanol–water partition coefficient (Wildman–Crippen LogP) is 15.4. The third kappa shape index (κ3) is 8.16. The molecule has 9 aromatic carbocycles. The number of carbonyl (C=O) groups excluding carboxylic acids is 1. The van der Waals surface area contributed by atoms with E-state index in [4.69, 9.17) is 42.1 Å². The van der Waals surface area contributed by atoms with Crippen LogP contribution in [0.5, 0.6) is 46.0 Å². The Balaban J connectivity index is 0.887. The molecule has 8 nitrogen and oxygen atoms in total. The van der Waals surface area contributed by atoms with Crippen molar-refractivity contribution in [1.82, 2.24) is 0 Å². The van der Waals surface area contributed by atoms with Gasteiger partial charge in [-0.05, 0) is 143 Å². The van der Waals surface area contributed by atoms with Crippen LogP contribution in [-0.2, 0) is 5.41 Å². The Morgan fingerprint density at radius 3 is 1.06 bits per heavy atom. The van der Waals surface area contributed by atoms with Gasteiger partial charge in [-0.2, -0.15) is 15.8 Å². The minimum atomic E-state index is -0.717. The van der Waals surface area contributed by atoms with Gasteiger partial charge in [0, 0.05) is 11.1 Å². The van der Waals surface area contributed by atoms with E-state index >= 15 is 0 Å². The Morgan fingerprint density at radius 1 is 0.377 bits per heavy atom. The number of benzene rings is 9. The van der Waals surface area contributed by atoms with Crippen molar-refractivity contribution < 1.29 is 23.7 Å². The summed E-state index contributed by atoms with van der Waals surface area (Å²) in [5.74, 6) is 3.00. The maximum Gasteiger partial charge on any atom is 0.193 e. The number of halogens is 2. The summed E-state index contributed by atoms with van der Waals surface area (Å²) in [6.45, 7) is 0. The molecule has 0 aromatic heterocycles. The summed E-state index contributed by atoms with van der Waals surface area (Å²) in [4.78, 5) is 13.4. The summed E-state index contributed by atoms with van der Waals surface area (Å²) in [6.07, 6.45) is 0. The summed E-state index contributed by atoms with van der Waals surface area (Å²) < 4.78 is 24.7. The van der Waals surface area contributed by atoms with Gasteiger partial charge in [-0.3, -0.25) is 4.79 Å². The molecular weight excluding hydrogens is 902 g/mol. The van der Waals surface area contributed by atoms with Gasteiger partial charge in [0.15, 0.2) is 5.78 Å². The number of nitriles is 3. The highest BCUT2D eigenvalue weighted by atomic mass is 35.5. The number of ketones is 1. The van der Waals surface area contributed by atoms with Crippen molar-refractivity contribution in [2.75, 3.05) is 0 Å². The second kappa shape index (κ2) is 18.6. The highest BCUT2D eigenvalue weighted by molar-refractivity contribution is 6.32. The second-order valence-corrected chi connectivity index (χ2v) is 16.7. The molecule has 1 aliphatic carbocycles. The van der Waals surface area contributed by atoms with Gasteiger partial charge in [0.1, 0.15) is 80.9 Å². The third-order valence-electron chi connectivity index (χ3n) is 11.9. The molecule has 0 saturated heterocycles. The van der Waals surface area contributed by atoms with Crippen LogP contribution in [0.1, 0.15) is 54.9 Å². The summed E-state index contributed by atoms with van der Waals surface area (Å²) in [5, 5.41) is 30.2. The van der Waals surface area contributed by atoms with E-state index in [1.807, 2.05) is 42.5 Å². The number of ether oxygens (including phenoxy) is 4. The van der Waals surface area contributed by atoms with E-state index in [9.17, 15) is 20.6 Å². The first kappa shape index (κ1) is 43.8. The highest BCUT2D eigenvalue weighted by Gasteiger charge is 2.46. The lowest BCUT2D eigenvalue weighted by atomic mass is 9.68. The van der Waals surface area contributed by atoms with Crippen LogP contribution in [0.3, 0.4) is 0 Å². The molecule has 69 heavy (non-hydrogen) atoms. The summed E-state index contributed by atoms with van der Waals surface area (Å²) in [7, 11) is 0. The molecule has 0 spiro atoms. The molecule has 0 radical (unpaired) electrons. The van der Waals surface area contributed by atoms with Gasteiger partial charge in [0.05, 0.1) is 15.5 Å². The molecule has 0 bridgehead atoms. The molecule has 0 aliphatic heterocycles. The third-order valence-corrected chi connectivity index (χ3v) is 12.6. The van der Waals surface area contributed by atoms with Crippen LogP contribution in [-0.4, -0.2) is 5.78 Å². The van der Waals surface area contributed by atoms with Crippen molar-refractivity contribution >= 4 is 29.0 Å². The molecule has 328 valence electrons. The lowest BCUT2D eigenvalue weighted by Crippen LogP contribution is -2.28. The topological polar surface area (TPSA) is 125 Å². The van der Waals surface area contributed by atoms with Gasteiger partial charge in [0.25, 0.3) is 0 Å². The average Bonchev–Trinajstić information content (AvgIpc) is 3.68. The smallest absolute Gasteiger partial charge is 0.193 e. The molecule has 0 heterocycles. The normalized spacial score (nSPS) is 11.8. The van der Waals surface area contributed by atoms with Crippen molar-refractivity contribution in [3.63, 3.8) is 0 Å². The van der Waals surface area contributed by atoms with Crippen LogP contribution in [0, 0.1) is 34.0 Å². The molecule has 0 amide bonds. The number of fused-ring (bicyclic) bond motifs is 3. The van der Waals surface area contributed by atoms with E-state index in [1.54, 1.807) is 103 Å². The highest BCUT2D eigenvalue weighted by Crippen LogP contribution is 2.56. The number of nitrogens with zero attached hydrogens (tertiary/aromatic N) is 3. The Bertz CT molecular complexity index is 3530. The van der Waals surface area contributed by atoms with Crippen molar-refractivity contribution in [2.45, 2.75) is 5.41 Å². The molecule has 9 aromatic rings. The Morgan fingerprint density at radius 2 is 0.696 bits per heavy atom. The van der Waals surface area contributed by atoms with Crippen LogP contribution in [0.15, 0.2) is 200 Å². The Hall–Kier alpha value is -9.10. The predicted molar refractivity (Wildman–Crippen MR) is 264 cm³/mol. The standard InChI is InChI=1S/C59H33Cl2N3O5/c60-52-12-5-14-54(47(52)34-62)66-41-26-18-37(19-27-41)58(65)38-20-28-42(29-21-38)68-56-16-7-17-57(49(56)36-64)69-44-32-24-40(25-33-44)59(50-10-3-1-8-45(50)46-9-2-4-11-51(46)59)39-22-30-43(31-23-39)67-55-15-6-13-53(61)48(55)35-63/h1-33H. The fourth-order valence-electron chi connectivity index (χ4n) is 8.78. The molecule has 10 heteroatoms. The zero-order valence-corrected chi connectivity index (χ0v) is 37.7. The Kier molecular flexibility index (Phi) is 11.8. The van der Waals surface area contributed by atoms with Crippen LogP contribution >= 0.6 is 23.2 Å². The molecular formula is C59H33Cl2N3O5. The van der Waals surface area contributed by atoms with E-state index < -0.39 is 5.41 Å². The quantitative estimate of drug-likeness (QED) is 0.111. The van der Waals surface area contributed by atoms with Crippen LogP contribution in [0.4, 0.5) is 0 Å². The van der Waals surface area contributed by atoms with E-state index in [1.165, 1.54) is 0 Å². The average molecular weight is 935 g/mol. The van der Waals surface area contributed by atoms with Gasteiger partial charge in [-0.25, -0.2) is 0 Å². The minimum absolute atomic E-state index is 0.195. The molecule has 1 aliphatic rings. The first-order chi connectivity index (χ1) is 33.8. The SMILES string of the molecule is N#Cc1c(Cl)cccc1Oc1ccc(C(=O)c2ccc(Oc3cccc(Oc4ccc(C5(c6ccc(Oc7cccc(Cl)c7C#N)cc6)c6ccccc6-c6ccccc65)cc4)c3C#N)cc2)cc1.